The van der Waals surface area contributed by atoms with Gasteiger partial charge in [-0.25, -0.2) is 9.37 Å². The third kappa shape index (κ3) is 2.61. The second-order valence-electron chi connectivity index (χ2n) is 7.06. The van der Waals surface area contributed by atoms with E-state index in [9.17, 15) is 4.79 Å². The van der Waals surface area contributed by atoms with Gasteiger partial charge in [-0.3, -0.25) is 0 Å². The summed E-state index contributed by atoms with van der Waals surface area (Å²) in [6, 6.07) is 0.304. The van der Waals surface area contributed by atoms with Gasteiger partial charge in [0.15, 0.2) is 6.04 Å². The molecule has 5 heteroatoms. The van der Waals surface area contributed by atoms with Crippen molar-refractivity contribution in [2.45, 2.75) is 24.3 Å². The van der Waals surface area contributed by atoms with Gasteiger partial charge in [-0.1, -0.05) is 24.3 Å². The lowest BCUT2D eigenvalue weighted by molar-refractivity contribution is -0.517. The molecule has 0 fully saturated rings. The minimum Gasteiger partial charge on any atom is -0.453 e. The zero-order valence-electron chi connectivity index (χ0n) is 15.0. The number of likely N-dealkylation sites (N-methyl/N-ethyl adjacent to an activating group) is 2. The summed E-state index contributed by atoms with van der Waals surface area (Å²) in [6.07, 6.45) is 14.7. The average molecular weight is 355 g/mol. The SMILES string of the molecule is CC1=C(C2=[N+](C)C3C=CC=CC3S2)C(=O)OC2C=C(N(C)C)C=CC12. The van der Waals surface area contributed by atoms with Gasteiger partial charge in [0.1, 0.15) is 18.7 Å². The molecule has 0 N–H and O–H groups in total. The van der Waals surface area contributed by atoms with E-state index < -0.39 is 0 Å². The number of thioether (sulfide) groups is 1. The van der Waals surface area contributed by atoms with Crippen LogP contribution in [0.4, 0.5) is 0 Å². The van der Waals surface area contributed by atoms with Crippen LogP contribution in [-0.2, 0) is 9.53 Å². The van der Waals surface area contributed by atoms with Crippen molar-refractivity contribution >= 4 is 22.8 Å². The summed E-state index contributed by atoms with van der Waals surface area (Å²) >= 11 is 1.76. The zero-order valence-corrected chi connectivity index (χ0v) is 15.8. The quantitative estimate of drug-likeness (QED) is 0.563. The molecule has 4 aliphatic rings. The van der Waals surface area contributed by atoms with Crippen molar-refractivity contribution in [2.75, 3.05) is 21.1 Å². The number of fused-ring (bicyclic) bond motifs is 2. The number of carbonyl (C=O) groups excluding carboxylic acids is 1. The number of esters is 1. The number of hydrogen-bond donors (Lipinski definition) is 0. The second kappa shape index (κ2) is 6.06. The third-order valence-corrected chi connectivity index (χ3v) is 6.73. The Morgan fingerprint density at radius 1 is 1.20 bits per heavy atom. The van der Waals surface area contributed by atoms with E-state index in [0.717, 1.165) is 21.9 Å². The molecule has 130 valence electrons. The Balaban J connectivity index is 1.72. The number of nitrogens with zero attached hydrogens (tertiary/aromatic N) is 2. The van der Waals surface area contributed by atoms with Crippen LogP contribution in [0.25, 0.3) is 0 Å². The first-order valence-electron chi connectivity index (χ1n) is 8.58. The Morgan fingerprint density at radius 3 is 2.68 bits per heavy atom. The van der Waals surface area contributed by atoms with E-state index >= 15 is 0 Å². The first kappa shape index (κ1) is 16.5. The molecule has 2 aliphatic carbocycles. The molecule has 0 spiro atoms. The normalized spacial score (nSPS) is 33.3. The molecule has 0 saturated heterocycles. The van der Waals surface area contributed by atoms with Crippen LogP contribution in [0.2, 0.25) is 0 Å². The highest BCUT2D eigenvalue weighted by Crippen LogP contribution is 2.39. The smallest absolute Gasteiger partial charge is 0.346 e. The van der Waals surface area contributed by atoms with Crippen LogP contribution in [0.5, 0.6) is 0 Å². The topological polar surface area (TPSA) is 32.5 Å². The molecule has 2 heterocycles. The lowest BCUT2D eigenvalue weighted by atomic mass is 9.84. The number of rotatable bonds is 2. The van der Waals surface area contributed by atoms with Crippen molar-refractivity contribution in [2.24, 2.45) is 5.92 Å². The molecule has 4 nitrogen and oxygen atoms in total. The Morgan fingerprint density at radius 2 is 1.96 bits per heavy atom. The number of ether oxygens (including phenoxy) is 1. The van der Waals surface area contributed by atoms with Gasteiger partial charge in [0.2, 0.25) is 0 Å². The van der Waals surface area contributed by atoms with Crippen molar-refractivity contribution in [3.8, 4) is 0 Å². The number of carbonyl (C=O) groups is 1. The van der Waals surface area contributed by atoms with Crippen molar-refractivity contribution in [3.63, 3.8) is 0 Å². The maximum atomic E-state index is 12.8. The molecule has 0 aromatic heterocycles. The van der Waals surface area contributed by atoms with Gasteiger partial charge >= 0.3 is 5.97 Å². The standard InChI is InChI=1S/C20H23N2O2S/c1-12-14-10-9-13(21(2)3)11-16(14)24-20(23)18(12)19-22(4)15-7-5-6-8-17(15)25-19/h5-11,14-17H,1-4H3/q+1. The summed E-state index contributed by atoms with van der Waals surface area (Å²) in [5.74, 6) is -0.0871. The first-order chi connectivity index (χ1) is 12.0. The molecule has 4 rings (SSSR count). The fourth-order valence-electron chi connectivity index (χ4n) is 3.82. The van der Waals surface area contributed by atoms with Gasteiger partial charge < -0.3 is 9.64 Å². The van der Waals surface area contributed by atoms with E-state index in [1.807, 2.05) is 25.1 Å². The second-order valence-corrected chi connectivity index (χ2v) is 8.22. The third-order valence-electron chi connectivity index (χ3n) is 5.31. The molecule has 0 aromatic carbocycles. The van der Waals surface area contributed by atoms with Crippen LogP contribution in [0.3, 0.4) is 0 Å². The van der Waals surface area contributed by atoms with Gasteiger partial charge in [-0.15, -0.1) is 0 Å². The molecular weight excluding hydrogens is 332 g/mol. The lowest BCUT2D eigenvalue weighted by Gasteiger charge is -2.33. The van der Waals surface area contributed by atoms with Crippen LogP contribution in [-0.4, -0.2) is 59.0 Å². The van der Waals surface area contributed by atoms with Gasteiger partial charge in [0.05, 0.1) is 5.25 Å². The van der Waals surface area contributed by atoms with Gasteiger partial charge in [0.25, 0.3) is 5.04 Å². The predicted molar refractivity (Wildman–Crippen MR) is 102 cm³/mol. The van der Waals surface area contributed by atoms with E-state index in [1.54, 1.807) is 11.8 Å². The van der Waals surface area contributed by atoms with E-state index in [4.69, 9.17) is 4.74 Å². The highest BCUT2D eigenvalue weighted by molar-refractivity contribution is 8.15. The molecule has 4 atom stereocenters. The lowest BCUT2D eigenvalue weighted by Crippen LogP contribution is -2.37. The van der Waals surface area contributed by atoms with E-state index in [1.165, 1.54) is 0 Å². The van der Waals surface area contributed by atoms with E-state index in [0.29, 0.717) is 11.3 Å². The number of hydrogen-bond acceptors (Lipinski definition) is 4. The molecule has 2 aliphatic heterocycles. The monoisotopic (exact) mass is 355 g/mol. The van der Waals surface area contributed by atoms with Crippen LogP contribution in [0, 0.1) is 5.92 Å². The molecule has 0 aromatic rings. The van der Waals surface area contributed by atoms with Crippen molar-refractivity contribution < 1.29 is 14.1 Å². The van der Waals surface area contributed by atoms with Crippen LogP contribution >= 0.6 is 11.8 Å². The first-order valence-corrected chi connectivity index (χ1v) is 9.46. The molecule has 0 radical (unpaired) electrons. The summed E-state index contributed by atoms with van der Waals surface area (Å²) in [4.78, 5) is 14.9. The Bertz CT molecular complexity index is 814. The minimum atomic E-state index is -0.210. The van der Waals surface area contributed by atoms with Crippen LogP contribution in [0.15, 0.2) is 59.4 Å². The van der Waals surface area contributed by atoms with Crippen molar-refractivity contribution in [1.82, 2.24) is 4.90 Å². The van der Waals surface area contributed by atoms with Crippen molar-refractivity contribution in [3.05, 3.63) is 59.4 Å². The summed E-state index contributed by atoms with van der Waals surface area (Å²) in [5, 5.41) is 1.39. The van der Waals surface area contributed by atoms with Gasteiger partial charge in [0, 0.05) is 25.7 Å². The summed E-state index contributed by atoms with van der Waals surface area (Å²) in [6.45, 7) is 2.07. The number of allylic oxidation sites excluding steroid dienone is 3. The summed E-state index contributed by atoms with van der Waals surface area (Å²) in [5.41, 5.74) is 2.93. The summed E-state index contributed by atoms with van der Waals surface area (Å²) in [7, 11) is 6.06. The largest absolute Gasteiger partial charge is 0.453 e. The van der Waals surface area contributed by atoms with Crippen molar-refractivity contribution in [1.29, 1.82) is 0 Å². The summed E-state index contributed by atoms with van der Waals surface area (Å²) < 4.78 is 8.03. The molecule has 25 heavy (non-hydrogen) atoms. The predicted octanol–water partition coefficient (Wildman–Crippen LogP) is 2.51. The average Bonchev–Trinajstić information content (AvgIpc) is 2.91. The van der Waals surface area contributed by atoms with Crippen LogP contribution < -0.4 is 0 Å². The molecular formula is C20H23N2O2S+. The van der Waals surface area contributed by atoms with Gasteiger partial charge in [-0.05, 0) is 42.5 Å². The maximum Gasteiger partial charge on any atom is 0.346 e. The Kier molecular flexibility index (Phi) is 3.99. The molecule has 4 unspecified atom stereocenters. The molecule has 0 saturated carbocycles. The Labute approximate surface area is 152 Å². The Hall–Kier alpha value is -2.01. The van der Waals surface area contributed by atoms with E-state index in [-0.39, 0.29) is 18.0 Å². The maximum absolute atomic E-state index is 12.8. The fourth-order valence-corrected chi connectivity index (χ4v) is 5.31. The molecule has 0 bridgehead atoms. The fraction of sp³-hybridized carbons (Fsp3) is 0.400. The molecule has 0 amide bonds. The van der Waals surface area contributed by atoms with Gasteiger partial charge in [-0.2, -0.15) is 0 Å². The van der Waals surface area contributed by atoms with Crippen LogP contribution in [0.1, 0.15) is 6.92 Å². The zero-order chi connectivity index (χ0) is 17.7. The highest BCUT2D eigenvalue weighted by Gasteiger charge is 2.46. The van der Waals surface area contributed by atoms with E-state index in [2.05, 4.69) is 55.0 Å². The highest BCUT2D eigenvalue weighted by atomic mass is 32.2. The minimum absolute atomic E-state index is 0.117.